The zero-order valence-electron chi connectivity index (χ0n) is 8.30. The minimum Gasteiger partial charge on any atom is -0.375 e. The highest BCUT2D eigenvalue weighted by Crippen LogP contribution is 2.43. The zero-order valence-corrected chi connectivity index (χ0v) is 8.30. The van der Waals surface area contributed by atoms with E-state index in [4.69, 9.17) is 4.74 Å². The second-order valence-corrected chi connectivity index (χ2v) is 4.43. The number of amides is 1. The molecule has 0 aromatic carbocycles. The average Bonchev–Trinajstić information content (AvgIpc) is 2.34. The van der Waals surface area contributed by atoms with E-state index < -0.39 is 0 Å². The first kappa shape index (κ1) is 9.00. The standard InChI is InChI=1S/C10H17NO2/c1-7-5-10(8(2)13-7)4-3-9(12)11-6-10/h7-8H,3-6H2,1-2H3,(H,11,12). The van der Waals surface area contributed by atoms with Crippen LogP contribution >= 0.6 is 0 Å². The van der Waals surface area contributed by atoms with Gasteiger partial charge in [-0.15, -0.1) is 0 Å². The first-order valence-electron chi connectivity index (χ1n) is 5.04. The van der Waals surface area contributed by atoms with E-state index in [9.17, 15) is 4.79 Å². The van der Waals surface area contributed by atoms with Crippen molar-refractivity contribution >= 4 is 5.91 Å². The molecule has 0 radical (unpaired) electrons. The third-order valence-electron chi connectivity index (χ3n) is 3.48. The molecule has 3 heteroatoms. The van der Waals surface area contributed by atoms with Gasteiger partial charge in [0.15, 0.2) is 0 Å². The lowest BCUT2D eigenvalue weighted by Gasteiger charge is -2.35. The van der Waals surface area contributed by atoms with Crippen LogP contribution in [-0.2, 0) is 9.53 Å². The molecule has 0 saturated carbocycles. The van der Waals surface area contributed by atoms with Gasteiger partial charge < -0.3 is 10.1 Å². The van der Waals surface area contributed by atoms with Gasteiger partial charge in [-0.25, -0.2) is 0 Å². The number of carbonyl (C=O) groups is 1. The summed E-state index contributed by atoms with van der Waals surface area (Å²) in [7, 11) is 0. The van der Waals surface area contributed by atoms with E-state index in [2.05, 4.69) is 19.2 Å². The van der Waals surface area contributed by atoms with E-state index in [0.29, 0.717) is 18.6 Å². The molecule has 13 heavy (non-hydrogen) atoms. The Balaban J connectivity index is 2.08. The average molecular weight is 183 g/mol. The van der Waals surface area contributed by atoms with Crippen LogP contribution in [0.25, 0.3) is 0 Å². The van der Waals surface area contributed by atoms with Gasteiger partial charge in [0.05, 0.1) is 12.2 Å². The number of rotatable bonds is 0. The third-order valence-corrected chi connectivity index (χ3v) is 3.48. The number of carbonyl (C=O) groups excluding carboxylic acids is 1. The van der Waals surface area contributed by atoms with Gasteiger partial charge in [-0.2, -0.15) is 0 Å². The summed E-state index contributed by atoms with van der Waals surface area (Å²) in [5.41, 5.74) is 0.229. The second kappa shape index (κ2) is 2.98. The van der Waals surface area contributed by atoms with Gasteiger partial charge in [0.2, 0.25) is 5.91 Å². The van der Waals surface area contributed by atoms with Crippen LogP contribution in [0, 0.1) is 5.41 Å². The molecule has 3 nitrogen and oxygen atoms in total. The van der Waals surface area contributed by atoms with Gasteiger partial charge in [-0.05, 0) is 26.7 Å². The van der Waals surface area contributed by atoms with Gasteiger partial charge in [-0.1, -0.05) is 0 Å². The number of hydrogen-bond acceptors (Lipinski definition) is 2. The smallest absolute Gasteiger partial charge is 0.220 e. The molecular weight excluding hydrogens is 166 g/mol. The Morgan fingerprint density at radius 2 is 2.31 bits per heavy atom. The van der Waals surface area contributed by atoms with Crippen LogP contribution in [0.1, 0.15) is 33.1 Å². The number of hydrogen-bond donors (Lipinski definition) is 1. The summed E-state index contributed by atoms with van der Waals surface area (Å²) in [4.78, 5) is 11.0. The Morgan fingerprint density at radius 1 is 1.54 bits per heavy atom. The van der Waals surface area contributed by atoms with Crippen molar-refractivity contribution in [2.45, 2.75) is 45.3 Å². The molecule has 2 aliphatic rings. The SMILES string of the molecule is CC1CC2(CCC(=O)NC2)C(C)O1. The number of ether oxygens (including phenoxy) is 1. The maximum absolute atomic E-state index is 11.0. The fourth-order valence-corrected chi connectivity index (χ4v) is 2.61. The fraction of sp³-hybridized carbons (Fsp3) is 0.900. The van der Waals surface area contributed by atoms with Gasteiger partial charge in [-0.3, -0.25) is 4.79 Å². The van der Waals surface area contributed by atoms with E-state index in [-0.39, 0.29) is 11.3 Å². The molecule has 2 saturated heterocycles. The quantitative estimate of drug-likeness (QED) is 0.610. The van der Waals surface area contributed by atoms with Gasteiger partial charge in [0.25, 0.3) is 0 Å². The van der Waals surface area contributed by atoms with Crippen molar-refractivity contribution in [1.82, 2.24) is 5.32 Å². The molecule has 1 spiro atoms. The number of nitrogens with one attached hydrogen (secondary N) is 1. The molecule has 2 heterocycles. The summed E-state index contributed by atoms with van der Waals surface area (Å²) < 4.78 is 5.74. The largest absolute Gasteiger partial charge is 0.375 e. The maximum atomic E-state index is 11.0. The van der Waals surface area contributed by atoms with E-state index in [1.807, 2.05) is 0 Å². The van der Waals surface area contributed by atoms with Gasteiger partial charge in [0.1, 0.15) is 0 Å². The van der Waals surface area contributed by atoms with Gasteiger partial charge in [0, 0.05) is 18.4 Å². The topological polar surface area (TPSA) is 38.3 Å². The Morgan fingerprint density at radius 3 is 2.77 bits per heavy atom. The molecule has 3 atom stereocenters. The summed E-state index contributed by atoms with van der Waals surface area (Å²) in [6.45, 7) is 5.04. The van der Waals surface area contributed by atoms with Crippen LogP contribution in [0.5, 0.6) is 0 Å². The number of piperidine rings is 1. The zero-order chi connectivity index (χ0) is 9.47. The van der Waals surface area contributed by atoms with Crippen molar-refractivity contribution in [3.63, 3.8) is 0 Å². The minimum absolute atomic E-state index is 0.192. The van der Waals surface area contributed by atoms with Crippen LogP contribution in [0.4, 0.5) is 0 Å². The molecule has 2 rings (SSSR count). The van der Waals surface area contributed by atoms with Crippen LogP contribution in [-0.4, -0.2) is 24.7 Å². The molecule has 0 aromatic heterocycles. The van der Waals surface area contributed by atoms with Crippen molar-refractivity contribution in [2.75, 3.05) is 6.54 Å². The monoisotopic (exact) mass is 183 g/mol. The molecule has 2 aliphatic heterocycles. The van der Waals surface area contributed by atoms with Crippen molar-refractivity contribution in [2.24, 2.45) is 5.41 Å². The molecule has 3 unspecified atom stereocenters. The predicted molar refractivity (Wildman–Crippen MR) is 49.3 cm³/mol. The Kier molecular flexibility index (Phi) is 2.06. The maximum Gasteiger partial charge on any atom is 0.220 e. The van der Waals surface area contributed by atoms with Gasteiger partial charge >= 0.3 is 0 Å². The fourth-order valence-electron chi connectivity index (χ4n) is 2.61. The molecule has 0 aromatic rings. The third kappa shape index (κ3) is 1.46. The lowest BCUT2D eigenvalue weighted by atomic mass is 9.74. The molecule has 0 aliphatic carbocycles. The minimum atomic E-state index is 0.192. The lowest BCUT2D eigenvalue weighted by Crippen LogP contribution is -2.46. The van der Waals surface area contributed by atoms with E-state index >= 15 is 0 Å². The highest BCUT2D eigenvalue weighted by atomic mass is 16.5. The normalized spacial score (nSPS) is 45.2. The van der Waals surface area contributed by atoms with Crippen molar-refractivity contribution < 1.29 is 9.53 Å². The summed E-state index contributed by atoms with van der Waals surface area (Å²) in [5.74, 6) is 0.192. The van der Waals surface area contributed by atoms with Crippen molar-refractivity contribution in [1.29, 1.82) is 0 Å². The van der Waals surface area contributed by atoms with Crippen molar-refractivity contribution in [3.05, 3.63) is 0 Å². The molecule has 1 N–H and O–H groups in total. The highest BCUT2D eigenvalue weighted by molar-refractivity contribution is 5.76. The van der Waals surface area contributed by atoms with Crippen LogP contribution < -0.4 is 5.32 Å². The summed E-state index contributed by atoms with van der Waals surface area (Å²) in [6.07, 6.45) is 3.40. The second-order valence-electron chi connectivity index (χ2n) is 4.43. The van der Waals surface area contributed by atoms with E-state index in [1.54, 1.807) is 0 Å². The highest BCUT2D eigenvalue weighted by Gasteiger charge is 2.46. The first-order chi connectivity index (χ1) is 6.12. The molecule has 1 amide bonds. The molecule has 2 fully saturated rings. The predicted octanol–water partition coefficient (Wildman–Crippen LogP) is 1.08. The summed E-state index contributed by atoms with van der Waals surface area (Å²) in [5, 5.41) is 2.95. The molecular formula is C10H17NO2. The van der Waals surface area contributed by atoms with Crippen LogP contribution in [0.3, 0.4) is 0 Å². The lowest BCUT2D eigenvalue weighted by molar-refractivity contribution is -0.125. The Hall–Kier alpha value is -0.570. The van der Waals surface area contributed by atoms with E-state index in [0.717, 1.165) is 19.4 Å². The van der Waals surface area contributed by atoms with Crippen LogP contribution in [0.2, 0.25) is 0 Å². The Bertz CT molecular complexity index is 217. The molecule has 74 valence electrons. The Labute approximate surface area is 78.8 Å². The van der Waals surface area contributed by atoms with Crippen LogP contribution in [0.15, 0.2) is 0 Å². The summed E-state index contributed by atoms with van der Waals surface area (Å²) in [6, 6.07) is 0. The van der Waals surface area contributed by atoms with Crippen molar-refractivity contribution in [3.8, 4) is 0 Å². The van der Waals surface area contributed by atoms with E-state index in [1.165, 1.54) is 0 Å². The summed E-state index contributed by atoms with van der Waals surface area (Å²) >= 11 is 0. The molecule has 0 bridgehead atoms. The first-order valence-corrected chi connectivity index (χ1v) is 5.04.